The van der Waals surface area contributed by atoms with Gasteiger partial charge in [-0.2, -0.15) is 0 Å². The summed E-state index contributed by atoms with van der Waals surface area (Å²) in [4.78, 5) is 27.4. The Morgan fingerprint density at radius 3 is 1.11 bits per heavy atom. The maximum absolute atomic E-state index is 10.8. The molecule has 0 rings (SSSR count). The van der Waals surface area contributed by atoms with E-state index in [1.165, 1.54) is 27.7 Å². The van der Waals surface area contributed by atoms with Crippen LogP contribution in [0.15, 0.2) is 22.7 Å². The molecule has 0 aliphatic carbocycles. The largest absolute Gasteiger partial charge is 3.00 e. The molecular formula is C22H43Cl3CoN4O8+. The minimum Gasteiger partial charge on any atom is -0.875 e. The molecule has 0 spiro atoms. The van der Waals surface area contributed by atoms with Crippen LogP contribution >= 0.6 is 23.2 Å². The Kier molecular flexibility index (Phi) is 34.9. The predicted molar refractivity (Wildman–Crippen MR) is 133 cm³/mol. The van der Waals surface area contributed by atoms with Crippen molar-refractivity contribution in [2.45, 2.75) is 27.7 Å². The number of ketones is 2. The van der Waals surface area contributed by atoms with Gasteiger partial charge in [-0.1, -0.05) is 13.8 Å². The number of likely N-dealkylation sites (N-methyl/N-ethyl adjacent to an activating group) is 2. The summed E-state index contributed by atoms with van der Waals surface area (Å²) < 4.78 is 34.0. The third kappa shape index (κ3) is 40.0. The topological polar surface area (TPSA) is 206 Å². The molecule has 0 heterocycles. The van der Waals surface area contributed by atoms with E-state index in [1.807, 2.05) is 28.2 Å². The summed E-state index contributed by atoms with van der Waals surface area (Å²) in [7, 11) is 2.36. The minimum atomic E-state index is -4.94. The van der Waals surface area contributed by atoms with Gasteiger partial charge in [-0.25, -0.2) is 18.6 Å². The predicted octanol–water partition coefficient (Wildman–Crippen LogP) is -3.17. The molecule has 0 saturated carbocycles. The summed E-state index contributed by atoms with van der Waals surface area (Å²) in [6, 6.07) is 0. The Hall–Kier alpha value is -0.524. The van der Waals surface area contributed by atoms with Crippen LogP contribution in [0.2, 0.25) is 0 Å². The molecule has 0 saturated heterocycles. The monoisotopic (exact) mass is 655 g/mol. The number of hydrogen-bond acceptors (Lipinski definition) is 11. The van der Waals surface area contributed by atoms with Crippen molar-refractivity contribution in [2.75, 3.05) is 79.2 Å². The van der Waals surface area contributed by atoms with E-state index in [1.54, 1.807) is 9.80 Å². The second-order valence-corrected chi connectivity index (χ2v) is 9.52. The molecule has 0 aliphatic heterocycles. The molecule has 0 atom stereocenters. The van der Waals surface area contributed by atoms with Crippen molar-refractivity contribution in [2.24, 2.45) is 0 Å². The summed E-state index contributed by atoms with van der Waals surface area (Å²) in [5, 5.41) is 21.7. The smallest absolute Gasteiger partial charge is 0.875 e. The molecule has 0 fully saturated rings. The van der Waals surface area contributed by atoms with E-state index in [9.17, 15) is 19.8 Å². The standard InChI is InChI=1S/2C8H15NO2.C6H13Cl2N2.ClHO4.Co/c2*1-6(10)8(7(2)11)5-9(3)4;7-1-4-10(5-2-8)6-3-9;2-1(3,4)5;/h2*10H,5H2,1-4H3;9H,1-6H2;(H,2,3,4,5);/q;;-1;;+3/p-1/b2*8-6-;;;. The first kappa shape index (κ1) is 47.3. The number of alkyl halides is 2. The fourth-order valence-electron chi connectivity index (χ4n) is 2.31. The number of Topliss-reactive ketones (excluding diaryl/α,β-unsaturated/α-hetero) is 2. The van der Waals surface area contributed by atoms with Gasteiger partial charge in [0.1, 0.15) is 0 Å². The van der Waals surface area contributed by atoms with Crippen LogP contribution in [-0.2, 0) is 26.4 Å². The zero-order valence-electron chi connectivity index (χ0n) is 25.2. The van der Waals surface area contributed by atoms with Crippen LogP contribution in [0.4, 0.5) is 0 Å². The second kappa shape index (κ2) is 28.0. The van der Waals surface area contributed by atoms with Gasteiger partial charge in [-0.3, -0.25) is 9.59 Å². The molecule has 0 amide bonds. The van der Waals surface area contributed by atoms with Crippen LogP contribution in [-0.4, -0.2) is 105 Å². The molecule has 16 heteroatoms. The number of nitrogens with zero attached hydrogens (tertiary/aromatic N) is 3. The van der Waals surface area contributed by atoms with Crippen molar-refractivity contribution >= 4 is 34.8 Å². The summed E-state index contributed by atoms with van der Waals surface area (Å²) in [5.41, 5.74) is 7.70. The molecular weight excluding hydrogens is 614 g/mol. The van der Waals surface area contributed by atoms with Gasteiger partial charge < -0.3 is 30.6 Å². The van der Waals surface area contributed by atoms with Gasteiger partial charge in [0, 0.05) is 37.9 Å². The summed E-state index contributed by atoms with van der Waals surface area (Å²) in [6.07, 6.45) is 0. The van der Waals surface area contributed by atoms with E-state index < -0.39 is 10.2 Å². The molecule has 38 heavy (non-hydrogen) atoms. The molecule has 0 aromatic rings. The van der Waals surface area contributed by atoms with Crippen LogP contribution in [0.3, 0.4) is 0 Å². The van der Waals surface area contributed by atoms with Crippen LogP contribution in [0.25, 0.3) is 5.73 Å². The van der Waals surface area contributed by atoms with Crippen LogP contribution < -0.4 is 28.8 Å². The number of allylic oxidation sites excluding steroid dienone is 2. The van der Waals surface area contributed by atoms with Crippen molar-refractivity contribution in [3.8, 4) is 0 Å². The molecule has 0 radical (unpaired) electrons. The van der Waals surface area contributed by atoms with Gasteiger partial charge in [-0.05, 0) is 59.7 Å². The maximum atomic E-state index is 10.8. The van der Waals surface area contributed by atoms with E-state index in [0.717, 1.165) is 19.6 Å². The molecule has 12 nitrogen and oxygen atoms in total. The Balaban J connectivity index is -0.0000000729. The van der Waals surface area contributed by atoms with Gasteiger partial charge in [0.2, 0.25) is 0 Å². The summed E-state index contributed by atoms with van der Waals surface area (Å²) in [5.74, 6) is 0.711. The Bertz CT molecular complexity index is 633. The summed E-state index contributed by atoms with van der Waals surface area (Å²) in [6.45, 7) is 9.42. The first-order valence-corrected chi connectivity index (χ1v) is 13.2. The van der Waals surface area contributed by atoms with Gasteiger partial charge in [0.05, 0.1) is 0 Å². The van der Waals surface area contributed by atoms with E-state index in [-0.39, 0.29) is 42.7 Å². The molecule has 228 valence electrons. The summed E-state index contributed by atoms with van der Waals surface area (Å²) >= 11 is 11.0. The second-order valence-electron chi connectivity index (χ2n) is 8.00. The normalized spacial score (nSPS) is 12.1. The molecule has 0 aromatic carbocycles. The molecule has 0 bridgehead atoms. The van der Waals surface area contributed by atoms with Gasteiger partial charge in [0.25, 0.3) is 0 Å². The number of carbonyl (C=O) groups excluding carboxylic acids is 2. The van der Waals surface area contributed by atoms with Crippen molar-refractivity contribution in [3.63, 3.8) is 0 Å². The average Bonchev–Trinajstić information content (AvgIpc) is 2.69. The van der Waals surface area contributed by atoms with Gasteiger partial charge in [-0.15, -0.1) is 51.5 Å². The van der Waals surface area contributed by atoms with Crippen LogP contribution in [0, 0.1) is 10.2 Å². The Morgan fingerprint density at radius 2 is 1.00 bits per heavy atom. The first-order valence-electron chi connectivity index (χ1n) is 10.9. The maximum Gasteiger partial charge on any atom is 3.00 e. The van der Waals surface area contributed by atoms with Crippen LogP contribution in [0.5, 0.6) is 0 Å². The third-order valence-corrected chi connectivity index (χ3v) is 4.22. The zero-order chi connectivity index (χ0) is 30.4. The number of carbonyl (C=O) groups is 2. The van der Waals surface area contributed by atoms with Crippen molar-refractivity contribution in [1.29, 1.82) is 0 Å². The van der Waals surface area contributed by atoms with E-state index >= 15 is 0 Å². The number of halogens is 3. The molecule has 0 aliphatic rings. The average molecular weight is 657 g/mol. The molecule has 0 aromatic heterocycles. The molecule has 1 N–H and O–H groups in total. The van der Waals surface area contributed by atoms with Gasteiger partial charge in [0.15, 0.2) is 11.6 Å². The zero-order valence-corrected chi connectivity index (χ0v) is 26.5. The number of nitrogens with one attached hydrogen (secondary N) is 1. The Labute approximate surface area is 252 Å². The Morgan fingerprint density at radius 1 is 0.737 bits per heavy atom. The quantitative estimate of drug-likeness (QED) is 0.116. The van der Waals surface area contributed by atoms with Crippen LogP contribution in [0.1, 0.15) is 30.5 Å². The SMILES string of the molecule is CC(=O)/C(CN(C)C)=C(/C)[O-].CC(=O)/C(CN(C)C)=C(/C)[O-].[Co+3].[H+].[H+].[NH-]CCN(CCCl)CCCl.[O-][Cl+3]([O-])([O-])[O-]. The number of hydrogen-bond donors (Lipinski definition) is 0. The first-order chi connectivity index (χ1) is 16.7. The van der Waals surface area contributed by atoms with Crippen molar-refractivity contribution < 1.29 is 68.3 Å². The fourth-order valence-corrected chi connectivity index (χ4v) is 2.78. The van der Waals surface area contributed by atoms with E-state index in [0.29, 0.717) is 42.5 Å². The van der Waals surface area contributed by atoms with Gasteiger partial charge >= 0.3 is 19.6 Å². The van der Waals surface area contributed by atoms with Crippen molar-refractivity contribution in [1.82, 2.24) is 14.7 Å². The minimum absolute atomic E-state index is 0. The van der Waals surface area contributed by atoms with E-state index in [2.05, 4.69) is 4.90 Å². The van der Waals surface area contributed by atoms with Crippen molar-refractivity contribution in [3.05, 3.63) is 28.4 Å². The number of rotatable bonds is 12. The van der Waals surface area contributed by atoms with E-state index in [4.69, 9.17) is 47.6 Å². The fraction of sp³-hybridized carbons (Fsp3) is 0.727. The molecule has 0 unspecified atom stereocenters. The third-order valence-electron chi connectivity index (χ3n) is 3.88.